The molecular weight excluding hydrogens is 466 g/mol. The minimum absolute atomic E-state index is 0.0106. The molecule has 0 bridgehead atoms. The lowest BCUT2D eigenvalue weighted by atomic mass is 9.97. The summed E-state index contributed by atoms with van der Waals surface area (Å²) in [5.74, 6) is -0.973. The van der Waals surface area contributed by atoms with Gasteiger partial charge >= 0.3 is 0 Å². The normalized spacial score (nSPS) is 15.2. The summed E-state index contributed by atoms with van der Waals surface area (Å²) in [6, 6.07) is 1.21. The molecule has 0 radical (unpaired) electrons. The lowest BCUT2D eigenvalue weighted by molar-refractivity contribution is 0.213. The van der Waals surface area contributed by atoms with E-state index in [4.69, 9.17) is 22.1 Å². The topological polar surface area (TPSA) is 89.1 Å². The van der Waals surface area contributed by atoms with Crippen molar-refractivity contribution in [2.45, 2.75) is 26.2 Å². The number of nitrogens with two attached hydrogens (primary N) is 1. The predicted octanol–water partition coefficient (Wildman–Crippen LogP) is 3.91. The summed E-state index contributed by atoms with van der Waals surface area (Å²) in [5.41, 5.74) is 5.65. The number of anilines is 1. The number of nitrogens with zero attached hydrogens (tertiary/aromatic N) is 5. The van der Waals surface area contributed by atoms with Gasteiger partial charge in [0.25, 0.3) is 0 Å². The van der Waals surface area contributed by atoms with Gasteiger partial charge in [0.1, 0.15) is 29.5 Å². The molecule has 1 saturated heterocycles. The molecule has 1 fully saturated rings. The SMILES string of the molecule is CO/N=C(/N)c1ncc(-c2c(F)cc(OCCCN(C)C)c(N3CCC(C)CC3)c2F)c(Cl)n1. The van der Waals surface area contributed by atoms with E-state index in [9.17, 15) is 0 Å². The third kappa shape index (κ3) is 6.04. The van der Waals surface area contributed by atoms with Gasteiger partial charge in [-0.3, -0.25) is 0 Å². The van der Waals surface area contributed by atoms with Crippen LogP contribution in [0.2, 0.25) is 5.15 Å². The van der Waals surface area contributed by atoms with Gasteiger partial charge in [-0.15, -0.1) is 0 Å². The zero-order valence-electron chi connectivity index (χ0n) is 19.9. The van der Waals surface area contributed by atoms with Crippen LogP contribution in [0.3, 0.4) is 0 Å². The lowest BCUT2D eigenvalue weighted by Crippen LogP contribution is -2.34. The standard InChI is InChI=1S/C23H31ClF2N6O2/c1-14-6-9-32(10-7-14)20-17(34-11-5-8-31(2)3)12-16(25)18(19(20)26)15-13-28-23(29-21(15)24)22(27)30-33-4/h12-14H,5-11H2,1-4H3,(H2,27,30). The van der Waals surface area contributed by atoms with Gasteiger partial charge in [-0.25, -0.2) is 18.7 Å². The van der Waals surface area contributed by atoms with Crippen LogP contribution in [0.1, 0.15) is 32.0 Å². The van der Waals surface area contributed by atoms with Crippen molar-refractivity contribution in [2.24, 2.45) is 16.8 Å². The van der Waals surface area contributed by atoms with E-state index in [2.05, 4.69) is 26.9 Å². The van der Waals surface area contributed by atoms with Crippen LogP contribution in [-0.2, 0) is 4.84 Å². The van der Waals surface area contributed by atoms with E-state index in [-0.39, 0.29) is 39.4 Å². The Morgan fingerprint density at radius 2 is 2.03 bits per heavy atom. The summed E-state index contributed by atoms with van der Waals surface area (Å²) in [6.07, 6.45) is 3.76. The Balaban J connectivity index is 2.03. The Morgan fingerprint density at radius 3 is 2.65 bits per heavy atom. The van der Waals surface area contributed by atoms with Crippen molar-refractivity contribution < 1.29 is 18.4 Å². The van der Waals surface area contributed by atoms with Gasteiger partial charge in [0, 0.05) is 37.5 Å². The van der Waals surface area contributed by atoms with Gasteiger partial charge < -0.3 is 25.1 Å². The fraction of sp³-hybridized carbons (Fsp3) is 0.522. The Hall–Kier alpha value is -2.72. The number of hydrogen-bond donors (Lipinski definition) is 1. The van der Waals surface area contributed by atoms with Gasteiger partial charge in [0.2, 0.25) is 5.84 Å². The summed E-state index contributed by atoms with van der Waals surface area (Å²) in [7, 11) is 5.24. The van der Waals surface area contributed by atoms with Crippen molar-refractivity contribution in [1.82, 2.24) is 14.9 Å². The molecule has 186 valence electrons. The molecule has 0 saturated carbocycles. The van der Waals surface area contributed by atoms with Crippen LogP contribution < -0.4 is 15.4 Å². The molecular formula is C23H31ClF2N6O2. The van der Waals surface area contributed by atoms with E-state index in [1.807, 2.05) is 23.9 Å². The Bertz CT molecular complexity index is 1030. The quantitative estimate of drug-likeness (QED) is 0.185. The lowest BCUT2D eigenvalue weighted by Gasteiger charge is -2.34. The number of hydrogen-bond acceptors (Lipinski definition) is 7. The smallest absolute Gasteiger partial charge is 0.208 e. The highest BCUT2D eigenvalue weighted by atomic mass is 35.5. The van der Waals surface area contributed by atoms with Crippen LogP contribution >= 0.6 is 11.6 Å². The summed E-state index contributed by atoms with van der Waals surface area (Å²) in [5, 5.41) is 3.39. The van der Waals surface area contributed by atoms with Gasteiger partial charge in [0.15, 0.2) is 11.6 Å². The van der Waals surface area contributed by atoms with Gasteiger partial charge in [-0.1, -0.05) is 23.7 Å². The van der Waals surface area contributed by atoms with Gasteiger partial charge in [0.05, 0.1) is 12.2 Å². The summed E-state index contributed by atoms with van der Waals surface area (Å²) in [4.78, 5) is 16.6. The average molecular weight is 497 g/mol. The minimum atomic E-state index is -0.814. The van der Waals surface area contributed by atoms with Crippen LogP contribution in [0.5, 0.6) is 5.75 Å². The number of rotatable bonds is 9. The second kappa shape index (κ2) is 11.6. The number of benzene rings is 1. The molecule has 2 aromatic rings. The first-order chi connectivity index (χ1) is 16.2. The highest BCUT2D eigenvalue weighted by Gasteiger charge is 2.29. The van der Waals surface area contributed by atoms with Gasteiger partial charge in [-0.2, -0.15) is 0 Å². The van der Waals surface area contributed by atoms with E-state index in [1.165, 1.54) is 19.4 Å². The first-order valence-electron chi connectivity index (χ1n) is 11.2. The maximum absolute atomic E-state index is 16.0. The third-order valence-corrected chi connectivity index (χ3v) is 5.98. The molecule has 1 aliphatic rings. The molecule has 1 aromatic carbocycles. The zero-order chi connectivity index (χ0) is 24.8. The first-order valence-corrected chi connectivity index (χ1v) is 11.5. The first kappa shape index (κ1) is 25.9. The number of halogens is 3. The molecule has 8 nitrogen and oxygen atoms in total. The van der Waals surface area contributed by atoms with Crippen LogP contribution in [-0.4, -0.2) is 68.1 Å². The molecule has 0 aliphatic carbocycles. The molecule has 0 amide bonds. The zero-order valence-corrected chi connectivity index (χ0v) is 20.7. The van der Waals surface area contributed by atoms with Crippen molar-refractivity contribution in [3.8, 4) is 16.9 Å². The fourth-order valence-corrected chi connectivity index (χ4v) is 4.05. The maximum atomic E-state index is 16.0. The molecule has 2 N–H and O–H groups in total. The summed E-state index contributed by atoms with van der Waals surface area (Å²) >= 11 is 6.30. The van der Waals surface area contributed by atoms with Crippen molar-refractivity contribution >= 4 is 23.1 Å². The van der Waals surface area contributed by atoms with E-state index in [0.717, 1.165) is 25.8 Å². The van der Waals surface area contributed by atoms with E-state index in [0.29, 0.717) is 25.6 Å². The molecule has 0 unspecified atom stereocenters. The van der Waals surface area contributed by atoms with Crippen LogP contribution in [0, 0.1) is 17.6 Å². The molecule has 0 atom stereocenters. The van der Waals surface area contributed by atoms with Gasteiger partial charge in [-0.05, 0) is 39.3 Å². The molecule has 3 rings (SSSR count). The minimum Gasteiger partial charge on any atom is -0.491 e. The highest BCUT2D eigenvalue weighted by molar-refractivity contribution is 6.32. The number of oxime groups is 1. The number of aromatic nitrogens is 2. The number of piperidine rings is 1. The number of ether oxygens (including phenoxy) is 1. The van der Waals surface area contributed by atoms with E-state index < -0.39 is 11.6 Å². The van der Waals surface area contributed by atoms with Crippen molar-refractivity contribution in [3.05, 3.63) is 34.9 Å². The maximum Gasteiger partial charge on any atom is 0.208 e. The molecule has 11 heteroatoms. The average Bonchev–Trinajstić information content (AvgIpc) is 2.78. The van der Waals surface area contributed by atoms with Crippen LogP contribution in [0.15, 0.2) is 17.4 Å². The van der Waals surface area contributed by atoms with E-state index >= 15 is 8.78 Å². The predicted molar refractivity (Wildman–Crippen MR) is 129 cm³/mol. The number of amidine groups is 1. The summed E-state index contributed by atoms with van der Waals surface area (Å²) in [6.45, 7) is 4.59. The van der Waals surface area contributed by atoms with Crippen LogP contribution in [0.4, 0.5) is 14.5 Å². The Labute approximate surface area is 203 Å². The Kier molecular flexibility index (Phi) is 8.84. The molecule has 1 aliphatic heterocycles. The highest BCUT2D eigenvalue weighted by Crippen LogP contribution is 2.42. The Morgan fingerprint density at radius 1 is 1.32 bits per heavy atom. The van der Waals surface area contributed by atoms with Crippen molar-refractivity contribution in [2.75, 3.05) is 52.3 Å². The van der Waals surface area contributed by atoms with Crippen molar-refractivity contribution in [1.29, 1.82) is 0 Å². The summed E-state index contributed by atoms with van der Waals surface area (Å²) < 4.78 is 37.1. The molecule has 2 heterocycles. The van der Waals surface area contributed by atoms with Crippen molar-refractivity contribution in [3.63, 3.8) is 0 Å². The van der Waals surface area contributed by atoms with Crippen LogP contribution in [0.25, 0.3) is 11.1 Å². The second-order valence-electron chi connectivity index (χ2n) is 8.63. The fourth-order valence-electron chi connectivity index (χ4n) is 3.83. The molecule has 0 spiro atoms. The largest absolute Gasteiger partial charge is 0.491 e. The second-order valence-corrected chi connectivity index (χ2v) is 8.98. The monoisotopic (exact) mass is 496 g/mol. The third-order valence-electron chi connectivity index (χ3n) is 5.69. The van der Waals surface area contributed by atoms with E-state index in [1.54, 1.807) is 0 Å². The molecule has 1 aromatic heterocycles. The molecule has 34 heavy (non-hydrogen) atoms.